The fourth-order valence-electron chi connectivity index (χ4n) is 5.01. The van der Waals surface area contributed by atoms with Crippen LogP contribution in [0.1, 0.15) is 6.92 Å². The Morgan fingerprint density at radius 3 is 2.35 bits per heavy atom. The maximum Gasteiger partial charge on any atom is 0.328 e. The van der Waals surface area contributed by atoms with E-state index in [2.05, 4.69) is 26.2 Å². The van der Waals surface area contributed by atoms with Gasteiger partial charge in [0.15, 0.2) is 12.2 Å². The summed E-state index contributed by atoms with van der Waals surface area (Å²) in [6.45, 7) is 6.75. The van der Waals surface area contributed by atoms with Crippen LogP contribution in [0.4, 0.5) is 16.2 Å². The Bertz CT molecular complexity index is 1230. The molecule has 3 aliphatic rings. The number of nitrogens with one attached hydrogen (secondary N) is 1. The highest BCUT2D eigenvalue weighted by Gasteiger charge is 2.48. The van der Waals surface area contributed by atoms with E-state index in [9.17, 15) is 14.4 Å². The largest absolute Gasteiger partial charge is 0.508 e. The third-order valence-corrected chi connectivity index (χ3v) is 7.24. The Kier molecular flexibility index (Phi) is 9.10. The molecule has 3 aliphatic heterocycles. The minimum absolute atomic E-state index is 0.115. The number of para-hydroxylation sites is 2. The average molecular weight is 552 g/mol. The number of phenols is 1. The van der Waals surface area contributed by atoms with Gasteiger partial charge in [0.25, 0.3) is 5.91 Å². The van der Waals surface area contributed by atoms with E-state index in [1.807, 2.05) is 23.1 Å². The van der Waals surface area contributed by atoms with Crippen molar-refractivity contribution in [1.29, 1.82) is 0 Å². The van der Waals surface area contributed by atoms with Crippen LogP contribution in [0.25, 0.3) is 0 Å². The van der Waals surface area contributed by atoms with Crippen molar-refractivity contribution in [2.75, 3.05) is 70.7 Å². The molecule has 4 amide bonds. The fraction of sp³-hybridized carbons (Fsp3) is 0.429. The van der Waals surface area contributed by atoms with Gasteiger partial charge in [0.2, 0.25) is 5.91 Å². The van der Waals surface area contributed by atoms with E-state index in [1.54, 1.807) is 32.6 Å². The van der Waals surface area contributed by atoms with Crippen molar-refractivity contribution in [3.05, 3.63) is 48.5 Å². The van der Waals surface area contributed by atoms with Crippen LogP contribution >= 0.6 is 0 Å². The third kappa shape index (κ3) is 6.45. The molecule has 2 saturated heterocycles. The van der Waals surface area contributed by atoms with Gasteiger partial charge in [-0.3, -0.25) is 19.4 Å². The molecular formula is C28H37N7O5. The van der Waals surface area contributed by atoms with E-state index in [0.717, 1.165) is 44.2 Å². The van der Waals surface area contributed by atoms with E-state index in [0.29, 0.717) is 12.2 Å². The first-order valence-corrected chi connectivity index (χ1v) is 13.2. The molecule has 2 N–H and O–H groups in total. The number of anilines is 2. The molecule has 0 bridgehead atoms. The number of aromatic hydroxyl groups is 1. The number of fused-ring (bicyclic) bond motifs is 1. The Labute approximate surface area is 234 Å². The van der Waals surface area contributed by atoms with E-state index < -0.39 is 12.2 Å². The molecule has 12 heteroatoms. The van der Waals surface area contributed by atoms with Crippen molar-refractivity contribution in [2.24, 2.45) is 4.99 Å². The standard InChI is InChI=1S/C20H28N6O3.C8H9NO2/c1-22-18-17(19(27)23(2)20(22)28)26(14-21-18)13-10-24-8-11-25(12-9-24)15-6-4-5-7-16(15)29-3;1-6(10)9-7-2-4-8(11)5-3-7/h4-7,14,17-18H,8-13H2,1-3H3;2-5,11H,1H3,(H,9,10). The number of likely N-dealkylation sites (N-methyl/N-ethyl adjacent to an activating group) is 2. The number of nitrogens with zero attached hydrogens (tertiary/aromatic N) is 6. The summed E-state index contributed by atoms with van der Waals surface area (Å²) in [6, 6.07) is 13.7. The number of rotatable bonds is 6. The first kappa shape index (κ1) is 28.7. The van der Waals surface area contributed by atoms with Crippen LogP contribution in [-0.2, 0) is 9.59 Å². The summed E-state index contributed by atoms with van der Waals surface area (Å²) in [5.74, 6) is 0.797. The van der Waals surface area contributed by atoms with Gasteiger partial charge in [0.05, 0.1) is 19.1 Å². The van der Waals surface area contributed by atoms with Crippen molar-refractivity contribution in [3.8, 4) is 11.5 Å². The lowest BCUT2D eigenvalue weighted by Gasteiger charge is -2.41. The maximum atomic E-state index is 12.6. The lowest BCUT2D eigenvalue weighted by molar-refractivity contribution is -0.136. The Morgan fingerprint density at radius 1 is 1.02 bits per heavy atom. The summed E-state index contributed by atoms with van der Waals surface area (Å²) in [7, 11) is 4.93. The molecule has 3 heterocycles. The number of imide groups is 1. The number of hydrogen-bond donors (Lipinski definition) is 2. The van der Waals surface area contributed by atoms with E-state index in [1.165, 1.54) is 35.9 Å². The van der Waals surface area contributed by atoms with E-state index in [-0.39, 0.29) is 23.6 Å². The first-order chi connectivity index (χ1) is 19.2. The highest BCUT2D eigenvalue weighted by molar-refractivity contribution is 6.01. The van der Waals surface area contributed by atoms with Crippen molar-refractivity contribution in [3.63, 3.8) is 0 Å². The molecule has 0 aromatic heterocycles. The normalized spacial score (nSPS) is 20.7. The summed E-state index contributed by atoms with van der Waals surface area (Å²) in [4.78, 5) is 49.1. The number of hydrogen-bond acceptors (Lipinski definition) is 9. The lowest BCUT2D eigenvalue weighted by Crippen LogP contribution is -2.64. The number of carbonyl (C=O) groups is 3. The third-order valence-electron chi connectivity index (χ3n) is 7.24. The van der Waals surface area contributed by atoms with Crippen LogP contribution in [0.2, 0.25) is 0 Å². The Morgan fingerprint density at radius 2 is 1.70 bits per heavy atom. The number of piperazine rings is 1. The minimum atomic E-state index is -0.423. The van der Waals surface area contributed by atoms with Gasteiger partial charge in [0, 0.05) is 66.0 Å². The van der Waals surface area contributed by atoms with Gasteiger partial charge in [0.1, 0.15) is 11.5 Å². The number of ether oxygens (including phenoxy) is 1. The zero-order chi connectivity index (χ0) is 28.8. The number of benzene rings is 2. The van der Waals surface area contributed by atoms with Crippen LogP contribution in [0.5, 0.6) is 11.5 Å². The second-order valence-corrected chi connectivity index (χ2v) is 9.88. The predicted octanol–water partition coefficient (Wildman–Crippen LogP) is 1.73. The van der Waals surface area contributed by atoms with Crippen LogP contribution in [0.3, 0.4) is 0 Å². The summed E-state index contributed by atoms with van der Waals surface area (Å²) < 4.78 is 5.49. The van der Waals surface area contributed by atoms with Gasteiger partial charge in [-0.2, -0.15) is 0 Å². The average Bonchev–Trinajstić information content (AvgIpc) is 3.39. The van der Waals surface area contributed by atoms with Gasteiger partial charge in [-0.25, -0.2) is 9.79 Å². The zero-order valence-electron chi connectivity index (χ0n) is 23.4. The summed E-state index contributed by atoms with van der Waals surface area (Å²) in [5.41, 5.74) is 1.82. The number of aliphatic imine (C=N–C) groups is 1. The smallest absolute Gasteiger partial charge is 0.328 e. The number of carbonyl (C=O) groups excluding carboxylic acids is 3. The molecule has 2 unspecified atom stereocenters. The topological polar surface area (TPSA) is 121 Å². The lowest BCUT2D eigenvalue weighted by atomic mass is 10.1. The molecule has 2 aromatic carbocycles. The molecular weight excluding hydrogens is 514 g/mol. The van der Waals surface area contributed by atoms with Crippen molar-refractivity contribution >= 4 is 35.6 Å². The molecule has 0 aliphatic carbocycles. The van der Waals surface area contributed by atoms with Gasteiger partial charge in [-0.15, -0.1) is 0 Å². The summed E-state index contributed by atoms with van der Waals surface area (Å²) in [6.07, 6.45) is 1.30. The molecule has 2 atom stereocenters. The van der Waals surface area contributed by atoms with Crippen LogP contribution < -0.4 is 15.0 Å². The molecule has 0 saturated carbocycles. The van der Waals surface area contributed by atoms with Gasteiger partial charge < -0.3 is 29.9 Å². The molecule has 2 aromatic rings. The minimum Gasteiger partial charge on any atom is -0.508 e. The number of amides is 4. The molecule has 40 heavy (non-hydrogen) atoms. The van der Waals surface area contributed by atoms with Crippen molar-refractivity contribution in [1.82, 2.24) is 19.6 Å². The zero-order valence-corrected chi connectivity index (χ0v) is 23.4. The summed E-state index contributed by atoms with van der Waals surface area (Å²) in [5, 5.41) is 11.5. The second kappa shape index (κ2) is 12.7. The summed E-state index contributed by atoms with van der Waals surface area (Å²) >= 11 is 0. The number of phenolic OH excluding ortho intramolecular Hbond substituents is 1. The van der Waals surface area contributed by atoms with Crippen molar-refractivity contribution in [2.45, 2.75) is 19.1 Å². The number of methoxy groups -OCH3 is 1. The van der Waals surface area contributed by atoms with E-state index in [4.69, 9.17) is 9.84 Å². The SMILES string of the molecule is CC(=O)Nc1ccc(O)cc1.COc1ccccc1N1CCN(CCN2C=NC3C2C(=O)N(C)C(=O)N3C)CC1. The monoisotopic (exact) mass is 551 g/mol. The second-order valence-electron chi connectivity index (χ2n) is 9.88. The quantitative estimate of drug-likeness (QED) is 0.521. The number of urea groups is 1. The first-order valence-electron chi connectivity index (χ1n) is 13.2. The van der Waals surface area contributed by atoms with Gasteiger partial charge in [-0.1, -0.05) is 12.1 Å². The van der Waals surface area contributed by atoms with Crippen LogP contribution in [0, 0.1) is 0 Å². The molecule has 0 spiro atoms. The molecule has 214 valence electrons. The fourth-order valence-corrected chi connectivity index (χ4v) is 5.01. The highest BCUT2D eigenvalue weighted by Crippen LogP contribution is 2.28. The van der Waals surface area contributed by atoms with Crippen LogP contribution in [-0.4, -0.2) is 122 Å². The Hall–Kier alpha value is -4.32. The maximum absolute atomic E-state index is 12.6. The van der Waals surface area contributed by atoms with Gasteiger partial charge in [-0.05, 0) is 36.4 Å². The predicted molar refractivity (Wildman–Crippen MR) is 153 cm³/mol. The molecule has 0 radical (unpaired) electrons. The molecule has 5 rings (SSSR count). The molecule has 12 nitrogen and oxygen atoms in total. The van der Waals surface area contributed by atoms with Crippen LogP contribution in [0.15, 0.2) is 53.5 Å². The van der Waals surface area contributed by atoms with E-state index >= 15 is 0 Å². The van der Waals surface area contributed by atoms with Crippen molar-refractivity contribution < 1.29 is 24.2 Å². The Balaban J connectivity index is 0.000000283. The highest BCUT2D eigenvalue weighted by atomic mass is 16.5. The van der Waals surface area contributed by atoms with Gasteiger partial charge >= 0.3 is 6.03 Å². The molecule has 2 fully saturated rings.